The van der Waals surface area contributed by atoms with E-state index in [1.165, 1.54) is 23.9 Å². The maximum absolute atomic E-state index is 11.9. The topological polar surface area (TPSA) is 99.8 Å². The van der Waals surface area contributed by atoms with Crippen molar-refractivity contribution in [2.24, 2.45) is 0 Å². The van der Waals surface area contributed by atoms with Crippen LogP contribution in [0.4, 0.5) is 5.13 Å². The molecule has 0 radical (unpaired) electrons. The lowest BCUT2D eigenvalue weighted by Crippen LogP contribution is -2.18. The molecule has 0 saturated carbocycles. The number of hydrogen-bond donors (Lipinski definition) is 3. The van der Waals surface area contributed by atoms with Gasteiger partial charge in [-0.3, -0.25) is 4.72 Å². The van der Waals surface area contributed by atoms with E-state index in [0.717, 1.165) is 12.2 Å². The summed E-state index contributed by atoms with van der Waals surface area (Å²) in [6.07, 6.45) is 2.56. The van der Waals surface area contributed by atoms with Crippen molar-refractivity contribution >= 4 is 26.5 Å². The second kappa shape index (κ2) is 5.68. The minimum atomic E-state index is -3.64. The number of nitrogens with one attached hydrogen (secondary N) is 3. The molecule has 2 rings (SSSR count). The third-order valence-electron chi connectivity index (χ3n) is 2.46. The Morgan fingerprint density at radius 3 is 2.95 bits per heavy atom. The maximum Gasteiger partial charge on any atom is 0.280 e. The van der Waals surface area contributed by atoms with Gasteiger partial charge in [-0.05, 0) is 13.5 Å². The summed E-state index contributed by atoms with van der Waals surface area (Å²) < 4.78 is 26.3. The van der Waals surface area contributed by atoms with E-state index in [1.54, 1.807) is 0 Å². The monoisotopic (exact) mass is 301 g/mol. The van der Waals surface area contributed by atoms with E-state index in [-0.39, 0.29) is 11.1 Å². The molecule has 1 atom stereocenters. The van der Waals surface area contributed by atoms with Crippen molar-refractivity contribution in [2.45, 2.75) is 24.9 Å². The Bertz CT molecular complexity index is 620. The van der Waals surface area contributed by atoms with Crippen molar-refractivity contribution < 1.29 is 8.42 Å². The molecule has 0 spiro atoms. The van der Waals surface area contributed by atoms with Crippen LogP contribution in [0.25, 0.3) is 0 Å². The fourth-order valence-electron chi connectivity index (χ4n) is 1.50. The molecule has 0 aliphatic heterocycles. The minimum Gasteiger partial charge on any atom is -0.334 e. The SMILES string of the molecule is CCNC(C)c1csc(NS(=O)(=O)c2cnc[nH]2)n1. The highest BCUT2D eigenvalue weighted by molar-refractivity contribution is 7.92. The average Bonchev–Trinajstić information content (AvgIpc) is 2.98. The molecule has 2 heterocycles. The van der Waals surface area contributed by atoms with Crippen LogP contribution in [-0.2, 0) is 10.0 Å². The number of thiazole rings is 1. The van der Waals surface area contributed by atoms with Gasteiger partial charge in [0, 0.05) is 11.4 Å². The molecular formula is C10H15N5O2S2. The van der Waals surface area contributed by atoms with Crippen LogP contribution >= 0.6 is 11.3 Å². The van der Waals surface area contributed by atoms with Gasteiger partial charge in [-0.15, -0.1) is 11.3 Å². The fourth-order valence-corrected chi connectivity index (χ4v) is 3.46. The number of anilines is 1. The molecular weight excluding hydrogens is 286 g/mol. The minimum absolute atomic E-state index is 0.0176. The van der Waals surface area contributed by atoms with Gasteiger partial charge < -0.3 is 10.3 Å². The number of rotatable bonds is 6. The maximum atomic E-state index is 11.9. The van der Waals surface area contributed by atoms with Gasteiger partial charge in [0.1, 0.15) is 0 Å². The molecule has 19 heavy (non-hydrogen) atoms. The van der Waals surface area contributed by atoms with E-state index in [9.17, 15) is 8.42 Å². The molecule has 0 aliphatic rings. The summed E-state index contributed by atoms with van der Waals surface area (Å²) in [5.74, 6) is 0. The van der Waals surface area contributed by atoms with Gasteiger partial charge >= 0.3 is 0 Å². The normalized spacial score (nSPS) is 13.4. The van der Waals surface area contributed by atoms with Crippen LogP contribution in [0.3, 0.4) is 0 Å². The molecule has 2 aromatic heterocycles. The highest BCUT2D eigenvalue weighted by Gasteiger charge is 2.18. The Morgan fingerprint density at radius 2 is 2.32 bits per heavy atom. The second-order valence-electron chi connectivity index (χ2n) is 3.88. The summed E-state index contributed by atoms with van der Waals surface area (Å²) in [5, 5.41) is 5.41. The molecule has 3 N–H and O–H groups in total. The van der Waals surface area contributed by atoms with Crippen LogP contribution in [0.5, 0.6) is 0 Å². The zero-order chi connectivity index (χ0) is 13.9. The summed E-state index contributed by atoms with van der Waals surface area (Å²) in [7, 11) is -3.64. The first-order valence-electron chi connectivity index (χ1n) is 5.73. The molecule has 1 unspecified atom stereocenters. The van der Waals surface area contributed by atoms with Gasteiger partial charge in [0.25, 0.3) is 10.0 Å². The van der Waals surface area contributed by atoms with Crippen molar-refractivity contribution in [3.05, 3.63) is 23.6 Å². The summed E-state index contributed by atoms with van der Waals surface area (Å²) in [6, 6.07) is 0.0895. The van der Waals surface area contributed by atoms with E-state index in [2.05, 4.69) is 25.0 Å². The second-order valence-corrected chi connectivity index (χ2v) is 6.39. The third kappa shape index (κ3) is 3.31. The molecule has 2 aromatic rings. The molecule has 0 aliphatic carbocycles. The smallest absolute Gasteiger partial charge is 0.280 e. The number of imidazole rings is 1. The zero-order valence-corrected chi connectivity index (χ0v) is 12.2. The lowest BCUT2D eigenvalue weighted by atomic mass is 10.3. The third-order valence-corrected chi connectivity index (χ3v) is 4.63. The largest absolute Gasteiger partial charge is 0.334 e. The Morgan fingerprint density at radius 1 is 1.53 bits per heavy atom. The van der Waals surface area contributed by atoms with Gasteiger partial charge in [-0.2, -0.15) is 8.42 Å². The van der Waals surface area contributed by atoms with E-state index in [4.69, 9.17) is 0 Å². The average molecular weight is 301 g/mol. The molecule has 9 heteroatoms. The number of aromatic nitrogens is 3. The van der Waals surface area contributed by atoms with Gasteiger partial charge in [0.2, 0.25) is 0 Å². The van der Waals surface area contributed by atoms with Crippen molar-refractivity contribution in [3.8, 4) is 0 Å². The first-order chi connectivity index (χ1) is 9.03. The van der Waals surface area contributed by atoms with Crippen LogP contribution in [0.1, 0.15) is 25.6 Å². The van der Waals surface area contributed by atoms with E-state index in [1.807, 2.05) is 19.2 Å². The molecule has 0 fully saturated rings. The van der Waals surface area contributed by atoms with Crippen LogP contribution in [0.2, 0.25) is 0 Å². The first kappa shape index (κ1) is 14.0. The number of nitrogens with zero attached hydrogens (tertiary/aromatic N) is 2. The molecule has 7 nitrogen and oxygen atoms in total. The molecule has 0 aromatic carbocycles. The van der Waals surface area contributed by atoms with Gasteiger partial charge in [-0.1, -0.05) is 6.92 Å². The number of H-pyrrole nitrogens is 1. The Balaban J connectivity index is 2.12. The lowest BCUT2D eigenvalue weighted by Gasteiger charge is -2.08. The Hall–Kier alpha value is -1.45. The predicted molar refractivity (Wildman–Crippen MR) is 73.6 cm³/mol. The summed E-state index contributed by atoms with van der Waals surface area (Å²) >= 11 is 1.25. The fraction of sp³-hybridized carbons (Fsp3) is 0.400. The molecule has 0 saturated heterocycles. The Labute approximate surface area is 115 Å². The van der Waals surface area contributed by atoms with Gasteiger partial charge in [-0.25, -0.2) is 9.97 Å². The molecule has 104 valence electrons. The van der Waals surface area contributed by atoms with Crippen molar-refractivity contribution in [1.82, 2.24) is 20.3 Å². The van der Waals surface area contributed by atoms with Crippen molar-refractivity contribution in [1.29, 1.82) is 0 Å². The standard InChI is InChI=1S/C10H15N5O2S2/c1-3-12-7(2)8-5-18-10(14-8)15-19(16,17)9-4-11-6-13-9/h4-7,12H,3H2,1-2H3,(H,11,13)(H,14,15). The number of sulfonamides is 1. The van der Waals surface area contributed by atoms with Crippen LogP contribution in [0, 0.1) is 0 Å². The molecule has 0 amide bonds. The van der Waals surface area contributed by atoms with Crippen LogP contribution < -0.4 is 10.0 Å². The molecule has 0 bridgehead atoms. The predicted octanol–water partition coefficient (Wildman–Crippen LogP) is 1.34. The van der Waals surface area contributed by atoms with Crippen LogP contribution in [0.15, 0.2) is 22.9 Å². The van der Waals surface area contributed by atoms with Crippen molar-refractivity contribution in [2.75, 3.05) is 11.3 Å². The first-order valence-corrected chi connectivity index (χ1v) is 8.09. The van der Waals surface area contributed by atoms with Crippen molar-refractivity contribution in [3.63, 3.8) is 0 Å². The quantitative estimate of drug-likeness (QED) is 0.747. The number of hydrogen-bond acceptors (Lipinski definition) is 6. The van der Waals surface area contributed by atoms with E-state index < -0.39 is 10.0 Å². The summed E-state index contributed by atoms with van der Waals surface area (Å²) in [4.78, 5) is 10.5. The highest BCUT2D eigenvalue weighted by atomic mass is 32.2. The van der Waals surface area contributed by atoms with E-state index in [0.29, 0.717) is 5.13 Å². The lowest BCUT2D eigenvalue weighted by molar-refractivity contribution is 0.586. The highest BCUT2D eigenvalue weighted by Crippen LogP contribution is 2.22. The summed E-state index contributed by atoms with van der Waals surface area (Å²) in [5.41, 5.74) is 0.814. The van der Waals surface area contributed by atoms with Crippen LogP contribution in [-0.4, -0.2) is 29.9 Å². The zero-order valence-electron chi connectivity index (χ0n) is 10.5. The number of aromatic amines is 1. The van der Waals surface area contributed by atoms with Gasteiger partial charge in [0.15, 0.2) is 10.2 Å². The Kier molecular flexibility index (Phi) is 4.17. The van der Waals surface area contributed by atoms with E-state index >= 15 is 0 Å². The van der Waals surface area contributed by atoms with Gasteiger partial charge in [0.05, 0.1) is 18.2 Å². The summed E-state index contributed by atoms with van der Waals surface area (Å²) in [6.45, 7) is 4.81.